The largest absolute Gasteiger partial charge is 0.324 e. The molecule has 0 aliphatic heterocycles. The van der Waals surface area contributed by atoms with Crippen molar-refractivity contribution in [3.63, 3.8) is 0 Å². The van der Waals surface area contributed by atoms with Gasteiger partial charge < -0.3 is 5.32 Å². The third-order valence-corrected chi connectivity index (χ3v) is 1.58. The fourth-order valence-corrected chi connectivity index (χ4v) is 0.771. The maximum atomic E-state index is 10.8. The van der Waals surface area contributed by atoms with Crippen LogP contribution in [0.2, 0.25) is 0 Å². The molecule has 58 valence electrons. The Balaban J connectivity index is 2.58. The van der Waals surface area contributed by atoms with Gasteiger partial charge in [0.25, 0.3) is 0 Å². The van der Waals surface area contributed by atoms with E-state index in [-0.39, 0.29) is 5.91 Å². The highest BCUT2D eigenvalue weighted by atomic mass is 79.9. The minimum atomic E-state index is -0.0713. The molecular weight excluding hydrogens is 208 g/mol. The molecule has 0 radical (unpaired) electrons. The Morgan fingerprint density at radius 1 is 1.73 bits per heavy atom. The maximum Gasteiger partial charge on any atom is 0.235 e. The van der Waals surface area contributed by atoms with E-state index >= 15 is 0 Å². The number of pyridine rings is 1. The highest BCUT2D eigenvalue weighted by Gasteiger charge is 1.96. The minimum absolute atomic E-state index is 0.0713. The molecule has 1 aromatic heterocycles. The van der Waals surface area contributed by atoms with Crippen molar-refractivity contribution in [1.29, 1.82) is 0 Å². The van der Waals surface area contributed by atoms with E-state index in [2.05, 4.69) is 26.2 Å². The van der Waals surface area contributed by atoms with Crippen LogP contribution in [0.4, 0.5) is 5.69 Å². The molecule has 0 aliphatic carbocycles. The van der Waals surface area contributed by atoms with Crippen molar-refractivity contribution < 1.29 is 4.79 Å². The molecule has 1 N–H and O–H groups in total. The first-order valence-corrected chi connectivity index (χ1v) is 4.21. The number of hydrogen-bond donors (Lipinski definition) is 1. The summed E-state index contributed by atoms with van der Waals surface area (Å²) >= 11 is 3.04. The summed E-state index contributed by atoms with van der Waals surface area (Å²) in [6.45, 7) is 0. The highest BCUT2D eigenvalue weighted by molar-refractivity contribution is 9.09. The molecule has 0 aromatic carbocycles. The van der Waals surface area contributed by atoms with E-state index in [1.165, 1.54) is 0 Å². The van der Waals surface area contributed by atoms with Crippen LogP contribution >= 0.6 is 15.9 Å². The van der Waals surface area contributed by atoms with Gasteiger partial charge in [-0.1, -0.05) is 15.9 Å². The van der Waals surface area contributed by atoms with E-state index in [0.717, 1.165) is 5.69 Å². The maximum absolute atomic E-state index is 10.8. The van der Waals surface area contributed by atoms with Gasteiger partial charge in [-0.15, -0.1) is 0 Å². The first-order chi connectivity index (χ1) is 5.33. The first kappa shape index (κ1) is 8.20. The van der Waals surface area contributed by atoms with E-state index in [4.69, 9.17) is 0 Å². The molecule has 0 atom stereocenters. The van der Waals surface area contributed by atoms with Crippen LogP contribution in [0.5, 0.6) is 0 Å². The summed E-state index contributed by atoms with van der Waals surface area (Å²) in [7, 11) is 0. The molecule has 1 heterocycles. The lowest BCUT2D eigenvalue weighted by Gasteiger charge is -1.99. The molecule has 1 aromatic rings. The van der Waals surface area contributed by atoms with Crippen LogP contribution < -0.4 is 5.32 Å². The zero-order chi connectivity index (χ0) is 8.10. The monoisotopic (exact) mass is 214 g/mol. The minimum Gasteiger partial charge on any atom is -0.324 e. The van der Waals surface area contributed by atoms with Gasteiger partial charge in [-0.05, 0) is 12.1 Å². The molecule has 0 unspecified atom stereocenters. The van der Waals surface area contributed by atoms with Gasteiger partial charge >= 0.3 is 0 Å². The van der Waals surface area contributed by atoms with Crippen molar-refractivity contribution >= 4 is 27.5 Å². The molecule has 0 bridgehead atoms. The SMILES string of the molecule is O=C(CBr)Nc1cccnc1. The van der Waals surface area contributed by atoms with Gasteiger partial charge in [0.1, 0.15) is 0 Å². The van der Waals surface area contributed by atoms with Crippen molar-refractivity contribution in [2.24, 2.45) is 0 Å². The van der Waals surface area contributed by atoms with Crippen molar-refractivity contribution in [3.8, 4) is 0 Å². The normalized spacial score (nSPS) is 9.18. The third kappa shape index (κ3) is 2.67. The lowest BCUT2D eigenvalue weighted by Crippen LogP contribution is -2.12. The Kier molecular flexibility index (Phi) is 3.04. The summed E-state index contributed by atoms with van der Waals surface area (Å²) in [5.41, 5.74) is 0.719. The van der Waals surface area contributed by atoms with Gasteiger partial charge in [0.05, 0.1) is 17.2 Å². The molecule has 11 heavy (non-hydrogen) atoms. The molecule has 1 amide bonds. The molecule has 0 spiro atoms. The number of anilines is 1. The predicted molar refractivity (Wildman–Crippen MR) is 46.7 cm³/mol. The van der Waals surface area contributed by atoms with Crippen LogP contribution in [0, 0.1) is 0 Å². The summed E-state index contributed by atoms with van der Waals surface area (Å²) in [6, 6.07) is 3.55. The highest BCUT2D eigenvalue weighted by Crippen LogP contribution is 2.02. The number of nitrogens with one attached hydrogen (secondary N) is 1. The van der Waals surface area contributed by atoms with Gasteiger partial charge in [-0.3, -0.25) is 9.78 Å². The van der Waals surface area contributed by atoms with Gasteiger partial charge in [0, 0.05) is 6.20 Å². The molecule has 0 fully saturated rings. The molecule has 0 saturated heterocycles. The molecule has 0 aliphatic rings. The summed E-state index contributed by atoms with van der Waals surface area (Å²) in [4.78, 5) is 14.6. The third-order valence-electron chi connectivity index (χ3n) is 1.07. The Labute approximate surface area is 73.0 Å². The number of alkyl halides is 1. The smallest absolute Gasteiger partial charge is 0.235 e. The average molecular weight is 215 g/mol. The molecule has 0 saturated carbocycles. The fraction of sp³-hybridized carbons (Fsp3) is 0.143. The van der Waals surface area contributed by atoms with Crippen LogP contribution in [-0.2, 0) is 4.79 Å². The predicted octanol–water partition coefficient (Wildman–Crippen LogP) is 1.42. The number of carbonyl (C=O) groups excluding carboxylic acids is 1. The first-order valence-electron chi connectivity index (χ1n) is 3.09. The van der Waals surface area contributed by atoms with Crippen LogP contribution in [0.25, 0.3) is 0 Å². The van der Waals surface area contributed by atoms with Gasteiger partial charge in [0.15, 0.2) is 0 Å². The second-order valence-corrected chi connectivity index (χ2v) is 2.48. The van der Waals surface area contributed by atoms with Crippen molar-refractivity contribution in [3.05, 3.63) is 24.5 Å². The number of halogens is 1. The van der Waals surface area contributed by atoms with Gasteiger partial charge in [0.2, 0.25) is 5.91 Å². The lowest BCUT2D eigenvalue weighted by molar-refractivity contribution is -0.113. The number of aromatic nitrogens is 1. The number of amides is 1. The summed E-state index contributed by atoms with van der Waals surface area (Å²) in [6.07, 6.45) is 3.25. The van der Waals surface area contributed by atoms with Crippen molar-refractivity contribution in [2.45, 2.75) is 0 Å². The molecule has 4 heteroatoms. The quantitative estimate of drug-likeness (QED) is 0.758. The Morgan fingerprint density at radius 2 is 2.55 bits per heavy atom. The van der Waals surface area contributed by atoms with Crippen LogP contribution in [-0.4, -0.2) is 16.2 Å². The standard InChI is InChI=1S/C7H7BrN2O/c8-4-7(11)10-6-2-1-3-9-5-6/h1-3,5H,4H2,(H,10,11). The Hall–Kier alpha value is -0.900. The molecular formula is C7H7BrN2O. The van der Waals surface area contributed by atoms with Crippen molar-refractivity contribution in [2.75, 3.05) is 10.6 Å². The topological polar surface area (TPSA) is 42.0 Å². The number of carbonyl (C=O) groups is 1. The summed E-state index contributed by atoms with van der Waals surface area (Å²) < 4.78 is 0. The van der Waals surface area contributed by atoms with E-state index < -0.39 is 0 Å². The van der Waals surface area contributed by atoms with E-state index in [1.807, 2.05) is 0 Å². The second-order valence-electron chi connectivity index (χ2n) is 1.92. The van der Waals surface area contributed by atoms with Crippen LogP contribution in [0.3, 0.4) is 0 Å². The molecule has 3 nitrogen and oxygen atoms in total. The zero-order valence-electron chi connectivity index (χ0n) is 5.75. The molecule has 1 rings (SSSR count). The van der Waals surface area contributed by atoms with Crippen molar-refractivity contribution in [1.82, 2.24) is 4.98 Å². The lowest BCUT2D eigenvalue weighted by atomic mass is 10.4. The number of hydrogen-bond acceptors (Lipinski definition) is 2. The number of rotatable bonds is 2. The van der Waals surface area contributed by atoms with Gasteiger partial charge in [-0.2, -0.15) is 0 Å². The van der Waals surface area contributed by atoms with E-state index in [9.17, 15) is 4.79 Å². The second kappa shape index (κ2) is 4.08. The van der Waals surface area contributed by atoms with E-state index in [1.54, 1.807) is 24.5 Å². The van der Waals surface area contributed by atoms with Crippen LogP contribution in [0.1, 0.15) is 0 Å². The Bertz CT molecular complexity index is 237. The van der Waals surface area contributed by atoms with Gasteiger partial charge in [-0.25, -0.2) is 0 Å². The Morgan fingerprint density at radius 3 is 3.09 bits per heavy atom. The zero-order valence-corrected chi connectivity index (χ0v) is 7.34. The fourth-order valence-electron chi connectivity index (χ4n) is 0.631. The van der Waals surface area contributed by atoms with E-state index in [0.29, 0.717) is 5.33 Å². The number of nitrogens with zero attached hydrogens (tertiary/aromatic N) is 1. The average Bonchev–Trinajstić information content (AvgIpc) is 2.06. The van der Waals surface area contributed by atoms with Crippen LogP contribution in [0.15, 0.2) is 24.5 Å². The summed E-state index contributed by atoms with van der Waals surface area (Å²) in [5, 5.41) is 2.95. The summed E-state index contributed by atoms with van der Waals surface area (Å²) in [5.74, 6) is -0.0713.